The van der Waals surface area contributed by atoms with Crippen LogP contribution < -0.4 is 5.32 Å². The molecule has 0 aliphatic rings. The second-order valence-corrected chi connectivity index (χ2v) is 4.62. The molecule has 0 atom stereocenters. The summed E-state index contributed by atoms with van der Waals surface area (Å²) >= 11 is 1.26. The van der Waals surface area contributed by atoms with Crippen molar-refractivity contribution < 1.29 is 14.4 Å². The van der Waals surface area contributed by atoms with Crippen molar-refractivity contribution in [2.75, 3.05) is 6.61 Å². The van der Waals surface area contributed by atoms with Crippen LogP contribution in [0, 0.1) is 18.8 Å². The van der Waals surface area contributed by atoms with Gasteiger partial charge >= 0.3 is 0 Å². The number of carbonyl (C=O) groups is 1. The third-order valence-corrected chi connectivity index (χ3v) is 3.10. The number of amides is 1. The van der Waals surface area contributed by atoms with Crippen LogP contribution in [0.3, 0.4) is 0 Å². The molecule has 0 saturated heterocycles. The van der Waals surface area contributed by atoms with Gasteiger partial charge < -0.3 is 14.9 Å². The molecule has 2 aromatic heterocycles. The lowest BCUT2D eigenvalue weighted by molar-refractivity contribution is 0.0953. The van der Waals surface area contributed by atoms with Crippen molar-refractivity contribution in [3.05, 3.63) is 33.6 Å². The molecule has 6 nitrogen and oxygen atoms in total. The molecule has 2 heterocycles. The summed E-state index contributed by atoms with van der Waals surface area (Å²) in [4.78, 5) is 17.1. The molecular weight excluding hydrogens is 266 g/mol. The zero-order valence-electron chi connectivity index (χ0n) is 10.1. The predicted molar refractivity (Wildman–Crippen MR) is 68.5 cm³/mol. The lowest BCUT2D eigenvalue weighted by Gasteiger charge is -1.98. The first-order chi connectivity index (χ1) is 9.19. The maximum atomic E-state index is 11.8. The first-order valence-corrected chi connectivity index (χ1v) is 6.27. The van der Waals surface area contributed by atoms with E-state index >= 15 is 0 Å². The molecule has 2 N–H and O–H groups in total. The van der Waals surface area contributed by atoms with Crippen LogP contribution in [0.15, 0.2) is 16.7 Å². The number of hydrogen-bond acceptors (Lipinski definition) is 6. The highest BCUT2D eigenvalue weighted by atomic mass is 32.1. The molecule has 0 bridgehead atoms. The summed E-state index contributed by atoms with van der Waals surface area (Å²) in [5.41, 5.74) is 0. The number of carbonyl (C=O) groups excluding carboxylic acids is 1. The molecule has 0 radical (unpaired) electrons. The maximum Gasteiger partial charge on any atom is 0.261 e. The standard InChI is InChI=1S/C12H11N3O3S/c1-8-14-11(15-18-8)7-13-12(17)10-5-4-9(19-10)3-2-6-16/h4-5,16H,6-7H2,1H3,(H,13,17). The van der Waals surface area contributed by atoms with E-state index in [1.54, 1.807) is 19.1 Å². The quantitative estimate of drug-likeness (QED) is 0.807. The van der Waals surface area contributed by atoms with Crippen molar-refractivity contribution in [1.82, 2.24) is 15.5 Å². The molecule has 2 aromatic rings. The Morgan fingerprint density at radius 2 is 2.42 bits per heavy atom. The van der Waals surface area contributed by atoms with E-state index in [0.717, 1.165) is 4.88 Å². The largest absolute Gasteiger partial charge is 0.384 e. The number of thiophene rings is 1. The van der Waals surface area contributed by atoms with Gasteiger partial charge in [-0.05, 0) is 12.1 Å². The predicted octanol–water partition coefficient (Wildman–Crippen LogP) is 0.713. The van der Waals surface area contributed by atoms with Gasteiger partial charge in [-0.15, -0.1) is 11.3 Å². The van der Waals surface area contributed by atoms with Crippen LogP contribution in [-0.2, 0) is 6.54 Å². The first-order valence-electron chi connectivity index (χ1n) is 5.46. The highest BCUT2D eigenvalue weighted by Gasteiger charge is 2.10. The number of aliphatic hydroxyl groups is 1. The van der Waals surface area contributed by atoms with E-state index in [4.69, 9.17) is 9.63 Å². The molecule has 7 heteroatoms. The molecule has 0 aliphatic heterocycles. The summed E-state index contributed by atoms with van der Waals surface area (Å²) in [6.07, 6.45) is 0. The third kappa shape index (κ3) is 3.64. The minimum absolute atomic E-state index is 0.198. The molecule has 0 spiro atoms. The lowest BCUT2D eigenvalue weighted by atomic mass is 10.4. The normalized spacial score (nSPS) is 9.79. The number of hydrogen-bond donors (Lipinski definition) is 2. The molecule has 0 aromatic carbocycles. The highest BCUT2D eigenvalue weighted by Crippen LogP contribution is 2.15. The van der Waals surface area contributed by atoms with Crippen molar-refractivity contribution >= 4 is 17.2 Å². The summed E-state index contributed by atoms with van der Waals surface area (Å²) in [5, 5.41) is 15.0. The van der Waals surface area contributed by atoms with Gasteiger partial charge in [-0.2, -0.15) is 4.98 Å². The van der Waals surface area contributed by atoms with Crippen LogP contribution >= 0.6 is 11.3 Å². The van der Waals surface area contributed by atoms with Gasteiger partial charge in [0.1, 0.15) is 6.61 Å². The number of aryl methyl sites for hydroxylation is 1. The molecule has 2 rings (SSSR count). The molecule has 0 aliphatic carbocycles. The van der Waals surface area contributed by atoms with E-state index in [9.17, 15) is 4.79 Å². The van der Waals surface area contributed by atoms with Gasteiger partial charge in [0, 0.05) is 6.92 Å². The van der Waals surface area contributed by atoms with Crippen LogP contribution in [-0.4, -0.2) is 27.8 Å². The molecular formula is C12H11N3O3S. The van der Waals surface area contributed by atoms with Crippen LogP contribution in [0.5, 0.6) is 0 Å². The molecule has 98 valence electrons. The molecule has 0 saturated carbocycles. The maximum absolute atomic E-state index is 11.8. The molecule has 0 fully saturated rings. The van der Waals surface area contributed by atoms with Crippen molar-refractivity contribution in [1.29, 1.82) is 0 Å². The smallest absolute Gasteiger partial charge is 0.261 e. The van der Waals surface area contributed by atoms with Crippen molar-refractivity contribution in [2.45, 2.75) is 13.5 Å². The Morgan fingerprint density at radius 3 is 3.11 bits per heavy atom. The average Bonchev–Trinajstić information content (AvgIpc) is 3.02. The summed E-state index contributed by atoms with van der Waals surface area (Å²) in [7, 11) is 0. The van der Waals surface area contributed by atoms with Gasteiger partial charge in [-0.1, -0.05) is 17.0 Å². The van der Waals surface area contributed by atoms with Crippen molar-refractivity contribution in [2.24, 2.45) is 0 Å². The average molecular weight is 277 g/mol. The monoisotopic (exact) mass is 277 g/mol. The fourth-order valence-corrected chi connectivity index (χ4v) is 2.11. The van der Waals surface area contributed by atoms with E-state index in [0.29, 0.717) is 16.6 Å². The van der Waals surface area contributed by atoms with E-state index in [2.05, 4.69) is 27.3 Å². The Balaban J connectivity index is 1.94. The highest BCUT2D eigenvalue weighted by molar-refractivity contribution is 7.14. The fourth-order valence-electron chi connectivity index (χ4n) is 1.31. The Morgan fingerprint density at radius 1 is 1.58 bits per heavy atom. The second-order valence-electron chi connectivity index (χ2n) is 3.54. The van der Waals surface area contributed by atoms with E-state index in [1.165, 1.54) is 11.3 Å². The number of nitrogens with zero attached hydrogens (tertiary/aromatic N) is 2. The Bertz CT molecular complexity index is 636. The summed E-state index contributed by atoms with van der Waals surface area (Å²) in [5.74, 6) is 5.95. The fraction of sp³-hybridized carbons (Fsp3) is 0.250. The SMILES string of the molecule is Cc1nc(CNC(=O)c2ccc(C#CCO)s2)no1. The Labute approximate surface area is 113 Å². The number of nitrogens with one attached hydrogen (secondary N) is 1. The Hall–Kier alpha value is -2.17. The van der Waals surface area contributed by atoms with Crippen molar-refractivity contribution in [3.8, 4) is 11.8 Å². The van der Waals surface area contributed by atoms with Crippen LogP contribution in [0.25, 0.3) is 0 Å². The first kappa shape index (κ1) is 13.3. The van der Waals surface area contributed by atoms with Crippen molar-refractivity contribution in [3.63, 3.8) is 0 Å². The van der Waals surface area contributed by atoms with Gasteiger partial charge in [0.15, 0.2) is 5.82 Å². The minimum Gasteiger partial charge on any atom is -0.384 e. The summed E-state index contributed by atoms with van der Waals surface area (Å²) in [6, 6.07) is 3.42. The second kappa shape index (κ2) is 6.13. The van der Waals surface area contributed by atoms with Crippen LogP contribution in [0.4, 0.5) is 0 Å². The zero-order valence-corrected chi connectivity index (χ0v) is 11.0. The van der Waals surface area contributed by atoms with Gasteiger partial charge in [0.2, 0.25) is 5.89 Å². The number of aliphatic hydroxyl groups excluding tert-OH is 1. The zero-order chi connectivity index (χ0) is 13.7. The van der Waals surface area contributed by atoms with Gasteiger partial charge in [0.05, 0.1) is 16.3 Å². The van der Waals surface area contributed by atoms with Crippen LogP contribution in [0.2, 0.25) is 0 Å². The van der Waals surface area contributed by atoms with Gasteiger partial charge in [-0.25, -0.2) is 0 Å². The summed E-state index contributed by atoms with van der Waals surface area (Å²) in [6.45, 7) is 1.70. The summed E-state index contributed by atoms with van der Waals surface area (Å²) < 4.78 is 4.80. The van der Waals surface area contributed by atoms with Crippen LogP contribution in [0.1, 0.15) is 26.3 Å². The van der Waals surface area contributed by atoms with Gasteiger partial charge in [0.25, 0.3) is 5.91 Å². The molecule has 1 amide bonds. The van der Waals surface area contributed by atoms with Gasteiger partial charge in [-0.3, -0.25) is 4.79 Å². The van der Waals surface area contributed by atoms with E-state index in [-0.39, 0.29) is 19.1 Å². The number of rotatable bonds is 3. The third-order valence-electron chi connectivity index (χ3n) is 2.10. The van der Waals surface area contributed by atoms with E-state index in [1.807, 2.05) is 0 Å². The lowest BCUT2D eigenvalue weighted by Crippen LogP contribution is -2.22. The topological polar surface area (TPSA) is 88.2 Å². The molecule has 0 unspecified atom stereocenters. The Kier molecular flexibility index (Phi) is 4.28. The molecule has 19 heavy (non-hydrogen) atoms. The number of aromatic nitrogens is 2. The van der Waals surface area contributed by atoms with E-state index < -0.39 is 0 Å². The minimum atomic E-state index is -0.218.